The van der Waals surface area contributed by atoms with Crippen molar-refractivity contribution >= 4 is 23.8 Å². The molecule has 1 aromatic heterocycles. The molecule has 2 rings (SSSR count). The van der Waals surface area contributed by atoms with Crippen molar-refractivity contribution in [3.05, 3.63) is 18.0 Å². The summed E-state index contributed by atoms with van der Waals surface area (Å²) in [5.41, 5.74) is -0.380. The van der Waals surface area contributed by atoms with Crippen molar-refractivity contribution in [2.24, 2.45) is 11.8 Å². The molecule has 1 aliphatic rings. The third-order valence-electron chi connectivity index (χ3n) is 5.81. The molecule has 5 atom stereocenters. The van der Waals surface area contributed by atoms with Crippen molar-refractivity contribution in [2.75, 3.05) is 7.11 Å². The van der Waals surface area contributed by atoms with Gasteiger partial charge in [-0.1, -0.05) is 33.6 Å². The Morgan fingerprint density at radius 3 is 2.44 bits per heavy atom. The highest BCUT2D eigenvalue weighted by molar-refractivity contribution is 5.98. The molecule has 1 aromatic rings. The van der Waals surface area contributed by atoms with Crippen molar-refractivity contribution in [1.82, 2.24) is 10.3 Å². The van der Waals surface area contributed by atoms with Gasteiger partial charge >= 0.3 is 17.9 Å². The number of ether oxygens (including phenoxy) is 4. The van der Waals surface area contributed by atoms with Crippen molar-refractivity contribution < 1.29 is 43.2 Å². The van der Waals surface area contributed by atoms with Gasteiger partial charge in [-0.15, -0.1) is 0 Å². The van der Waals surface area contributed by atoms with E-state index in [9.17, 15) is 24.3 Å². The molecule has 0 saturated carbocycles. The van der Waals surface area contributed by atoms with E-state index in [1.54, 1.807) is 0 Å². The minimum Gasteiger partial charge on any atom is -0.503 e. The van der Waals surface area contributed by atoms with E-state index in [4.69, 9.17) is 18.9 Å². The lowest BCUT2D eigenvalue weighted by atomic mass is 9.92. The van der Waals surface area contributed by atoms with Crippen LogP contribution < -0.4 is 10.1 Å². The van der Waals surface area contributed by atoms with Crippen molar-refractivity contribution in [1.29, 1.82) is 0 Å². The number of nitrogens with one attached hydrogen (secondary N) is 1. The summed E-state index contributed by atoms with van der Waals surface area (Å²) < 4.78 is 21.8. The second kappa shape index (κ2) is 13.1. The number of amides is 1. The number of pyridine rings is 1. The molecule has 0 aromatic carbocycles. The fourth-order valence-electron chi connectivity index (χ4n) is 3.89. The summed E-state index contributed by atoms with van der Waals surface area (Å²) in [5, 5.41) is 12.7. The molecule has 1 fully saturated rings. The number of rotatable bonds is 9. The van der Waals surface area contributed by atoms with E-state index in [0.29, 0.717) is 12.8 Å². The maximum Gasteiger partial charge on any atom is 0.332 e. The molecule has 2 N–H and O–H groups in total. The summed E-state index contributed by atoms with van der Waals surface area (Å²) in [4.78, 5) is 55.4. The zero-order valence-corrected chi connectivity index (χ0v) is 21.6. The number of unbranched alkanes of at least 4 members (excludes halogenated alkanes) is 1. The minimum atomic E-state index is -1.41. The molecule has 0 unspecified atom stereocenters. The Morgan fingerprint density at radius 1 is 1.17 bits per heavy atom. The van der Waals surface area contributed by atoms with Crippen LogP contribution in [0.1, 0.15) is 70.8 Å². The molecule has 0 aliphatic carbocycles. The van der Waals surface area contributed by atoms with Gasteiger partial charge in [0.05, 0.1) is 13.0 Å². The zero-order chi connectivity index (χ0) is 27.0. The smallest absolute Gasteiger partial charge is 0.332 e. The van der Waals surface area contributed by atoms with E-state index in [2.05, 4.69) is 10.3 Å². The number of carbonyl (C=O) groups excluding carboxylic acids is 4. The Hall–Kier alpha value is -3.37. The standard InChI is InChI=1S/C25H36N2O9/c1-7-8-9-16-22(36-18(28)12-13(2)3)15(5)35-25(32)19(14(4)34-24(16)31)27-23(30)20-21(29)17(33-6)10-11-26-20/h10-11,13-16,19,22,29H,7-9,12H2,1-6H3,(H,27,30)/t14-,15+,16-,19+,22+/m1/s1. The van der Waals surface area contributed by atoms with E-state index in [1.165, 1.54) is 33.2 Å². The van der Waals surface area contributed by atoms with E-state index in [-0.39, 0.29) is 23.8 Å². The van der Waals surface area contributed by atoms with Crippen LogP contribution in [0.25, 0.3) is 0 Å². The summed E-state index contributed by atoms with van der Waals surface area (Å²) in [7, 11) is 1.31. The molecule has 11 heteroatoms. The number of aromatic nitrogens is 1. The van der Waals surface area contributed by atoms with Crippen LogP contribution in [0.2, 0.25) is 0 Å². The average Bonchev–Trinajstić information content (AvgIpc) is 2.82. The Balaban J connectivity index is 2.34. The lowest BCUT2D eigenvalue weighted by molar-refractivity contribution is -0.175. The molecule has 0 spiro atoms. The van der Waals surface area contributed by atoms with Crippen LogP contribution in [0.4, 0.5) is 0 Å². The third-order valence-corrected chi connectivity index (χ3v) is 5.81. The molecule has 1 amide bonds. The first-order valence-electron chi connectivity index (χ1n) is 12.1. The van der Waals surface area contributed by atoms with E-state index >= 15 is 0 Å². The van der Waals surface area contributed by atoms with Crippen LogP contribution in [-0.4, -0.2) is 65.4 Å². The Bertz CT molecular complexity index is 949. The van der Waals surface area contributed by atoms with E-state index < -0.39 is 59.8 Å². The maximum absolute atomic E-state index is 13.2. The summed E-state index contributed by atoms with van der Waals surface area (Å²) in [6, 6.07) is -0.0444. The molecule has 11 nitrogen and oxygen atoms in total. The first-order valence-corrected chi connectivity index (χ1v) is 12.1. The highest BCUT2D eigenvalue weighted by Gasteiger charge is 2.44. The van der Waals surface area contributed by atoms with Gasteiger partial charge in [0.15, 0.2) is 29.3 Å². The number of cyclic esters (lactones) is 2. The largest absolute Gasteiger partial charge is 0.503 e. The normalized spacial score (nSPS) is 24.6. The lowest BCUT2D eigenvalue weighted by Crippen LogP contribution is -2.50. The third kappa shape index (κ3) is 7.32. The quantitative estimate of drug-likeness (QED) is 0.376. The van der Waals surface area contributed by atoms with Crippen LogP contribution in [0.5, 0.6) is 11.5 Å². The number of carbonyl (C=O) groups is 4. The van der Waals surface area contributed by atoms with Crippen LogP contribution in [0.3, 0.4) is 0 Å². The highest BCUT2D eigenvalue weighted by Crippen LogP contribution is 2.29. The van der Waals surface area contributed by atoms with Gasteiger partial charge in [-0.05, 0) is 26.2 Å². The Labute approximate surface area is 210 Å². The summed E-state index contributed by atoms with van der Waals surface area (Å²) in [6.07, 6.45) is 0.0454. The SMILES string of the molecule is CCCC[C@H]1C(=O)O[C@H](C)[C@H](NC(=O)c2nccc(OC)c2O)C(=O)O[C@@H](C)[C@@H]1OC(=O)CC(C)C. The molecule has 200 valence electrons. The first-order chi connectivity index (χ1) is 17.0. The molecule has 0 bridgehead atoms. The molecular formula is C25H36N2O9. The molecule has 0 radical (unpaired) electrons. The molecule has 36 heavy (non-hydrogen) atoms. The molecule has 1 aliphatic heterocycles. The van der Waals surface area contributed by atoms with E-state index in [1.807, 2.05) is 20.8 Å². The van der Waals surface area contributed by atoms with Crippen LogP contribution in [0, 0.1) is 11.8 Å². The van der Waals surface area contributed by atoms with Crippen molar-refractivity contribution in [2.45, 2.75) is 84.7 Å². The van der Waals surface area contributed by atoms with Gasteiger partial charge in [-0.25, -0.2) is 9.78 Å². The number of esters is 3. The minimum absolute atomic E-state index is 0.0186. The number of nitrogens with zero attached hydrogens (tertiary/aromatic N) is 1. The average molecular weight is 509 g/mol. The number of methoxy groups -OCH3 is 1. The van der Waals surface area contributed by atoms with Crippen LogP contribution in [-0.2, 0) is 28.6 Å². The predicted molar refractivity (Wildman–Crippen MR) is 127 cm³/mol. The number of aromatic hydroxyl groups is 1. The summed E-state index contributed by atoms with van der Waals surface area (Å²) in [6.45, 7) is 8.65. The van der Waals surface area contributed by atoms with Gasteiger partial charge in [0.1, 0.15) is 12.2 Å². The second-order valence-electron chi connectivity index (χ2n) is 9.25. The molecule has 2 heterocycles. The zero-order valence-electron chi connectivity index (χ0n) is 21.6. The predicted octanol–water partition coefficient (Wildman–Crippen LogP) is 2.54. The Kier molecular flexibility index (Phi) is 10.5. The summed E-state index contributed by atoms with van der Waals surface area (Å²) in [5.74, 6) is -4.27. The maximum atomic E-state index is 13.2. The van der Waals surface area contributed by atoms with Crippen molar-refractivity contribution in [3.8, 4) is 11.5 Å². The monoisotopic (exact) mass is 508 g/mol. The highest BCUT2D eigenvalue weighted by atomic mass is 16.6. The summed E-state index contributed by atoms with van der Waals surface area (Å²) >= 11 is 0. The molecular weight excluding hydrogens is 472 g/mol. The fourth-order valence-corrected chi connectivity index (χ4v) is 3.89. The number of hydrogen-bond donors (Lipinski definition) is 2. The van der Waals surface area contributed by atoms with Crippen LogP contribution in [0.15, 0.2) is 12.3 Å². The topological polar surface area (TPSA) is 150 Å². The molecule has 1 saturated heterocycles. The number of hydrogen-bond acceptors (Lipinski definition) is 10. The van der Waals surface area contributed by atoms with Gasteiger partial charge in [0, 0.05) is 18.7 Å². The van der Waals surface area contributed by atoms with Gasteiger partial charge < -0.3 is 29.4 Å². The van der Waals surface area contributed by atoms with Crippen molar-refractivity contribution in [3.63, 3.8) is 0 Å². The fraction of sp³-hybridized carbons (Fsp3) is 0.640. The van der Waals surface area contributed by atoms with E-state index in [0.717, 1.165) is 6.42 Å². The van der Waals surface area contributed by atoms with Gasteiger partial charge in [0.2, 0.25) is 0 Å². The Morgan fingerprint density at radius 2 is 1.83 bits per heavy atom. The lowest BCUT2D eigenvalue weighted by Gasteiger charge is -2.29. The van der Waals surface area contributed by atoms with Gasteiger partial charge in [0.25, 0.3) is 5.91 Å². The first kappa shape index (κ1) is 28.9. The van der Waals surface area contributed by atoms with Gasteiger partial charge in [-0.2, -0.15) is 0 Å². The second-order valence-corrected chi connectivity index (χ2v) is 9.25. The van der Waals surface area contributed by atoms with Gasteiger partial charge in [-0.3, -0.25) is 14.4 Å². The van der Waals surface area contributed by atoms with Crippen LogP contribution >= 0.6 is 0 Å².